The first kappa shape index (κ1) is 16.1. The Bertz CT molecular complexity index is 458. The molecule has 1 saturated heterocycles. The second-order valence-electron chi connectivity index (χ2n) is 6.01. The van der Waals surface area contributed by atoms with Gasteiger partial charge in [-0.05, 0) is 39.0 Å². The van der Waals surface area contributed by atoms with Crippen LogP contribution in [0.1, 0.15) is 57.8 Å². The molecule has 4 nitrogen and oxygen atoms in total. The Labute approximate surface area is 129 Å². The van der Waals surface area contributed by atoms with Gasteiger partial charge in [0.15, 0.2) is 0 Å². The monoisotopic (exact) mass is 290 g/mol. The van der Waals surface area contributed by atoms with Crippen molar-refractivity contribution in [1.29, 1.82) is 0 Å². The van der Waals surface area contributed by atoms with Crippen LogP contribution in [-0.2, 0) is 6.42 Å². The van der Waals surface area contributed by atoms with Crippen molar-refractivity contribution < 1.29 is 0 Å². The average Bonchev–Trinajstić information content (AvgIpc) is 2.75. The number of aromatic nitrogens is 2. The first-order valence-electron chi connectivity index (χ1n) is 8.55. The Morgan fingerprint density at radius 3 is 2.62 bits per heavy atom. The molecule has 118 valence electrons. The molecule has 1 aliphatic rings. The van der Waals surface area contributed by atoms with Crippen LogP contribution in [0.5, 0.6) is 0 Å². The molecule has 1 aliphatic heterocycles. The second kappa shape index (κ2) is 7.62. The molecule has 1 aromatic heterocycles. The minimum Gasteiger partial charge on any atom is -0.370 e. The van der Waals surface area contributed by atoms with Crippen LogP contribution in [0, 0.1) is 12.8 Å². The Balaban J connectivity index is 2.26. The number of hydrogen-bond acceptors (Lipinski definition) is 4. The molecule has 0 saturated carbocycles. The minimum atomic E-state index is 0.885. The van der Waals surface area contributed by atoms with Crippen LogP contribution in [-0.4, -0.2) is 29.6 Å². The summed E-state index contributed by atoms with van der Waals surface area (Å²) in [6.07, 6.45) is 6.12. The summed E-state index contributed by atoms with van der Waals surface area (Å²) in [5, 5.41) is 3.39. The molecule has 2 heterocycles. The molecule has 0 radical (unpaired) electrons. The fraction of sp³-hybridized carbons (Fsp3) is 0.765. The van der Waals surface area contributed by atoms with Gasteiger partial charge < -0.3 is 10.2 Å². The van der Waals surface area contributed by atoms with Gasteiger partial charge in [-0.15, -0.1) is 0 Å². The average molecular weight is 290 g/mol. The molecule has 0 amide bonds. The van der Waals surface area contributed by atoms with Crippen LogP contribution in [0.3, 0.4) is 0 Å². The van der Waals surface area contributed by atoms with E-state index in [1.54, 1.807) is 0 Å². The van der Waals surface area contributed by atoms with E-state index < -0.39 is 0 Å². The van der Waals surface area contributed by atoms with Crippen molar-refractivity contribution in [2.24, 2.45) is 5.92 Å². The molecule has 0 spiro atoms. The summed E-state index contributed by atoms with van der Waals surface area (Å²) < 4.78 is 0. The van der Waals surface area contributed by atoms with Crippen molar-refractivity contribution in [2.75, 3.05) is 29.9 Å². The molecule has 2 rings (SSSR count). The topological polar surface area (TPSA) is 41.1 Å². The molecule has 0 aliphatic carbocycles. The number of nitrogens with zero attached hydrogens (tertiary/aromatic N) is 3. The van der Waals surface area contributed by atoms with Crippen molar-refractivity contribution in [3.8, 4) is 0 Å². The highest BCUT2D eigenvalue weighted by Gasteiger charge is 2.20. The van der Waals surface area contributed by atoms with Crippen molar-refractivity contribution in [3.05, 3.63) is 11.4 Å². The zero-order valence-electron chi connectivity index (χ0n) is 14.1. The molecule has 0 aromatic carbocycles. The zero-order valence-corrected chi connectivity index (χ0v) is 14.1. The van der Waals surface area contributed by atoms with Gasteiger partial charge in [0.05, 0.1) is 0 Å². The van der Waals surface area contributed by atoms with Crippen LogP contribution < -0.4 is 10.2 Å². The van der Waals surface area contributed by atoms with E-state index in [-0.39, 0.29) is 0 Å². The number of aryl methyl sites for hydroxylation is 1. The lowest BCUT2D eigenvalue weighted by molar-refractivity contribution is 0.459. The summed E-state index contributed by atoms with van der Waals surface area (Å²) in [7, 11) is 0. The summed E-state index contributed by atoms with van der Waals surface area (Å²) in [4.78, 5) is 11.9. The predicted octanol–water partition coefficient (Wildman–Crippen LogP) is 3.80. The Kier molecular flexibility index (Phi) is 5.83. The number of nitrogens with one attached hydrogen (secondary N) is 1. The van der Waals surface area contributed by atoms with Gasteiger partial charge >= 0.3 is 0 Å². The zero-order chi connectivity index (χ0) is 15.2. The molecular weight excluding hydrogens is 260 g/mol. The quantitative estimate of drug-likeness (QED) is 0.895. The summed E-state index contributed by atoms with van der Waals surface area (Å²) in [5.41, 5.74) is 1.20. The van der Waals surface area contributed by atoms with Crippen LogP contribution in [0.4, 0.5) is 11.6 Å². The normalized spacial score (nSPS) is 19.4. The number of rotatable bonds is 5. The van der Waals surface area contributed by atoms with E-state index in [0.717, 1.165) is 49.4 Å². The van der Waals surface area contributed by atoms with E-state index in [4.69, 9.17) is 4.98 Å². The van der Waals surface area contributed by atoms with E-state index in [2.05, 4.69) is 42.9 Å². The first-order valence-corrected chi connectivity index (χ1v) is 8.55. The lowest BCUT2D eigenvalue weighted by Gasteiger charge is -2.25. The van der Waals surface area contributed by atoms with Gasteiger partial charge in [0.25, 0.3) is 0 Å². The molecule has 1 fully saturated rings. The van der Waals surface area contributed by atoms with E-state index in [0.29, 0.717) is 0 Å². The molecule has 1 aromatic rings. The van der Waals surface area contributed by atoms with Crippen molar-refractivity contribution in [3.63, 3.8) is 0 Å². The Hall–Kier alpha value is -1.32. The predicted molar refractivity (Wildman–Crippen MR) is 90.2 cm³/mol. The first-order chi connectivity index (χ1) is 10.2. The van der Waals surface area contributed by atoms with Gasteiger partial charge in [0, 0.05) is 31.6 Å². The maximum Gasteiger partial charge on any atom is 0.137 e. The van der Waals surface area contributed by atoms with Crippen LogP contribution >= 0.6 is 0 Å². The third-order valence-electron chi connectivity index (χ3n) is 4.55. The second-order valence-corrected chi connectivity index (χ2v) is 6.01. The fourth-order valence-corrected chi connectivity index (χ4v) is 3.14. The summed E-state index contributed by atoms with van der Waals surface area (Å²) in [6.45, 7) is 11.9. The van der Waals surface area contributed by atoms with Gasteiger partial charge in [-0.25, -0.2) is 9.97 Å². The van der Waals surface area contributed by atoms with Crippen LogP contribution in [0.2, 0.25) is 0 Å². The van der Waals surface area contributed by atoms with Crippen molar-refractivity contribution in [1.82, 2.24) is 9.97 Å². The van der Waals surface area contributed by atoms with Crippen LogP contribution in [0.15, 0.2) is 0 Å². The third-order valence-corrected chi connectivity index (χ3v) is 4.55. The SMILES string of the molecule is CCNc1nc(CC)nc(N2CCCC(CC)CC2)c1C. The Morgan fingerprint density at radius 2 is 1.95 bits per heavy atom. The maximum absolute atomic E-state index is 4.82. The lowest BCUT2D eigenvalue weighted by atomic mass is 9.98. The van der Waals surface area contributed by atoms with Crippen LogP contribution in [0.25, 0.3) is 0 Å². The molecule has 1 atom stereocenters. The molecule has 1 unspecified atom stereocenters. The fourth-order valence-electron chi connectivity index (χ4n) is 3.14. The van der Waals surface area contributed by atoms with Crippen molar-refractivity contribution in [2.45, 2.75) is 59.8 Å². The lowest BCUT2D eigenvalue weighted by Crippen LogP contribution is -2.27. The maximum atomic E-state index is 4.82. The van der Waals surface area contributed by atoms with Gasteiger partial charge in [-0.1, -0.05) is 20.3 Å². The largest absolute Gasteiger partial charge is 0.370 e. The number of hydrogen-bond donors (Lipinski definition) is 1. The van der Waals surface area contributed by atoms with Gasteiger partial charge in [0.1, 0.15) is 17.5 Å². The molecule has 21 heavy (non-hydrogen) atoms. The smallest absolute Gasteiger partial charge is 0.137 e. The minimum absolute atomic E-state index is 0.885. The highest BCUT2D eigenvalue weighted by molar-refractivity contribution is 5.58. The highest BCUT2D eigenvalue weighted by atomic mass is 15.2. The van der Waals surface area contributed by atoms with Gasteiger partial charge in [-0.2, -0.15) is 0 Å². The summed E-state index contributed by atoms with van der Waals surface area (Å²) in [5.74, 6) is 3.99. The van der Waals surface area contributed by atoms with Crippen molar-refractivity contribution >= 4 is 11.6 Å². The van der Waals surface area contributed by atoms with E-state index in [9.17, 15) is 0 Å². The molecule has 0 bridgehead atoms. The highest BCUT2D eigenvalue weighted by Crippen LogP contribution is 2.28. The summed E-state index contributed by atoms with van der Waals surface area (Å²) in [6, 6.07) is 0. The Morgan fingerprint density at radius 1 is 1.14 bits per heavy atom. The van der Waals surface area contributed by atoms with E-state index in [1.807, 2.05) is 0 Å². The molecule has 1 N–H and O–H groups in total. The third kappa shape index (κ3) is 3.86. The van der Waals surface area contributed by atoms with Gasteiger partial charge in [0.2, 0.25) is 0 Å². The molecule has 4 heteroatoms. The standard InChI is InChI=1S/C17H30N4/c1-5-14-9-8-11-21(12-10-14)17-13(4)16(18-7-3)19-15(6-2)20-17/h14H,5-12H2,1-4H3,(H,18,19,20). The van der Waals surface area contributed by atoms with Gasteiger partial charge in [-0.3, -0.25) is 0 Å². The molecular formula is C17H30N4. The summed E-state index contributed by atoms with van der Waals surface area (Å²) >= 11 is 0. The van der Waals surface area contributed by atoms with E-state index >= 15 is 0 Å². The van der Waals surface area contributed by atoms with E-state index in [1.165, 1.54) is 31.2 Å². The number of anilines is 2.